The van der Waals surface area contributed by atoms with Gasteiger partial charge in [0.1, 0.15) is 0 Å². The molecule has 1 atom stereocenters. The van der Waals surface area contributed by atoms with Crippen LogP contribution in [-0.4, -0.2) is 0 Å². The maximum atomic E-state index is 2.46. The first-order valence-electron chi connectivity index (χ1n) is 6.90. The van der Waals surface area contributed by atoms with Gasteiger partial charge in [-0.05, 0) is 30.2 Å². The summed E-state index contributed by atoms with van der Waals surface area (Å²) in [7, 11) is 0. The molecule has 0 radical (unpaired) electrons. The number of hydrogen-bond donors (Lipinski definition) is 0. The van der Waals surface area contributed by atoms with Crippen molar-refractivity contribution in [3.05, 3.63) is 35.9 Å². The van der Waals surface area contributed by atoms with Crippen molar-refractivity contribution in [2.75, 3.05) is 0 Å². The Hall–Kier alpha value is -0.780. The molecular formula is C16H24. The zero-order valence-electron chi connectivity index (χ0n) is 10.5. The third kappa shape index (κ3) is 3.37. The highest BCUT2D eigenvalue weighted by molar-refractivity contribution is 5.14. The van der Waals surface area contributed by atoms with Crippen LogP contribution in [0.1, 0.15) is 51.0 Å². The van der Waals surface area contributed by atoms with Gasteiger partial charge in [0.15, 0.2) is 0 Å². The van der Waals surface area contributed by atoms with Crippen LogP contribution >= 0.6 is 0 Å². The first-order valence-corrected chi connectivity index (χ1v) is 6.90. The van der Waals surface area contributed by atoms with Gasteiger partial charge in [0.25, 0.3) is 0 Å². The van der Waals surface area contributed by atoms with Gasteiger partial charge >= 0.3 is 0 Å². The smallest absolute Gasteiger partial charge is 0.0276 e. The highest BCUT2D eigenvalue weighted by Gasteiger charge is 2.19. The van der Waals surface area contributed by atoms with Gasteiger partial charge in [-0.25, -0.2) is 0 Å². The lowest BCUT2D eigenvalue weighted by molar-refractivity contribution is 0.252. The molecule has 0 heterocycles. The molecule has 0 amide bonds. The Kier molecular flexibility index (Phi) is 4.44. The molecule has 1 saturated carbocycles. The van der Waals surface area contributed by atoms with Gasteiger partial charge < -0.3 is 0 Å². The molecule has 0 nitrogen and oxygen atoms in total. The first kappa shape index (κ1) is 11.7. The van der Waals surface area contributed by atoms with Crippen LogP contribution in [0.4, 0.5) is 0 Å². The van der Waals surface area contributed by atoms with Gasteiger partial charge in [-0.2, -0.15) is 0 Å². The van der Waals surface area contributed by atoms with E-state index in [2.05, 4.69) is 37.3 Å². The summed E-state index contributed by atoms with van der Waals surface area (Å²) in [5.41, 5.74) is 1.50. The van der Waals surface area contributed by atoms with E-state index in [-0.39, 0.29) is 0 Å². The normalized spacial score (nSPS) is 19.6. The summed E-state index contributed by atoms with van der Waals surface area (Å²) in [6.45, 7) is 2.46. The number of rotatable bonds is 4. The maximum absolute atomic E-state index is 2.46. The summed E-state index contributed by atoms with van der Waals surface area (Å²) in [6.07, 6.45) is 10.0. The van der Waals surface area contributed by atoms with Crippen LogP contribution in [0.2, 0.25) is 0 Å². The first-order chi connectivity index (χ1) is 7.86. The molecule has 0 spiro atoms. The molecule has 16 heavy (non-hydrogen) atoms. The molecule has 0 aliphatic heterocycles. The van der Waals surface area contributed by atoms with Crippen LogP contribution in [0.25, 0.3) is 0 Å². The van der Waals surface area contributed by atoms with Gasteiger partial charge in [0, 0.05) is 0 Å². The molecule has 1 fully saturated rings. The van der Waals surface area contributed by atoms with Gasteiger partial charge in [-0.15, -0.1) is 0 Å². The largest absolute Gasteiger partial charge is 0.0622 e. The number of aryl methyl sites for hydroxylation is 1. The zero-order valence-corrected chi connectivity index (χ0v) is 10.5. The molecule has 0 heteroatoms. The van der Waals surface area contributed by atoms with Crippen LogP contribution in [0.3, 0.4) is 0 Å². The molecule has 1 aliphatic rings. The fraction of sp³-hybridized carbons (Fsp3) is 0.625. The van der Waals surface area contributed by atoms with Crippen LogP contribution in [0.15, 0.2) is 30.3 Å². The molecule has 0 unspecified atom stereocenters. The minimum Gasteiger partial charge on any atom is -0.0622 e. The van der Waals surface area contributed by atoms with E-state index in [9.17, 15) is 0 Å². The van der Waals surface area contributed by atoms with Crippen LogP contribution in [-0.2, 0) is 6.42 Å². The molecule has 88 valence electrons. The monoisotopic (exact) mass is 216 g/mol. The van der Waals surface area contributed by atoms with E-state index in [4.69, 9.17) is 0 Å². The van der Waals surface area contributed by atoms with E-state index in [1.165, 1.54) is 50.5 Å². The van der Waals surface area contributed by atoms with Gasteiger partial charge in [0.2, 0.25) is 0 Å². The molecular weight excluding hydrogens is 192 g/mol. The van der Waals surface area contributed by atoms with Gasteiger partial charge in [-0.1, -0.05) is 69.4 Å². The molecule has 2 rings (SSSR count). The van der Waals surface area contributed by atoms with Crippen molar-refractivity contribution in [2.45, 2.75) is 51.9 Å². The summed E-state index contributed by atoms with van der Waals surface area (Å²) in [5, 5.41) is 0. The van der Waals surface area contributed by atoms with Crippen molar-refractivity contribution in [3.8, 4) is 0 Å². The zero-order chi connectivity index (χ0) is 11.2. The van der Waals surface area contributed by atoms with Crippen molar-refractivity contribution >= 4 is 0 Å². The quantitative estimate of drug-likeness (QED) is 0.676. The highest BCUT2D eigenvalue weighted by Crippen LogP contribution is 2.32. The van der Waals surface area contributed by atoms with Crippen LogP contribution in [0, 0.1) is 11.8 Å². The summed E-state index contributed by atoms with van der Waals surface area (Å²) < 4.78 is 0. The van der Waals surface area contributed by atoms with Crippen molar-refractivity contribution in [1.29, 1.82) is 0 Å². The number of benzene rings is 1. The predicted octanol–water partition coefficient (Wildman–Crippen LogP) is 4.84. The SMILES string of the molecule is C[C@@H](CCc1ccccc1)C1CCCCC1. The minimum absolute atomic E-state index is 0.917. The van der Waals surface area contributed by atoms with E-state index >= 15 is 0 Å². The van der Waals surface area contributed by atoms with Crippen molar-refractivity contribution in [1.82, 2.24) is 0 Å². The summed E-state index contributed by atoms with van der Waals surface area (Å²) >= 11 is 0. The molecule has 1 aromatic rings. The Labute approximate surface area is 100 Å². The Bertz CT molecular complexity index is 282. The summed E-state index contributed by atoms with van der Waals surface area (Å²) in [4.78, 5) is 0. The fourth-order valence-electron chi connectivity index (χ4n) is 2.98. The van der Waals surface area contributed by atoms with E-state index in [0.717, 1.165) is 11.8 Å². The summed E-state index contributed by atoms with van der Waals surface area (Å²) in [6, 6.07) is 10.9. The van der Waals surface area contributed by atoms with Crippen LogP contribution < -0.4 is 0 Å². The standard InChI is InChI=1S/C16H24/c1-14(16-10-6-3-7-11-16)12-13-15-8-4-2-5-9-15/h2,4-5,8-9,14,16H,3,6-7,10-13H2,1H3/t14-/m0/s1. The number of hydrogen-bond acceptors (Lipinski definition) is 0. The lowest BCUT2D eigenvalue weighted by Gasteiger charge is -2.27. The molecule has 1 aromatic carbocycles. The second kappa shape index (κ2) is 6.08. The second-order valence-corrected chi connectivity index (χ2v) is 5.40. The topological polar surface area (TPSA) is 0 Å². The van der Waals surface area contributed by atoms with Crippen LogP contribution in [0.5, 0.6) is 0 Å². The van der Waals surface area contributed by atoms with Crippen molar-refractivity contribution < 1.29 is 0 Å². The maximum Gasteiger partial charge on any atom is -0.0276 e. The summed E-state index contributed by atoms with van der Waals surface area (Å²) in [5.74, 6) is 1.93. The molecule has 0 bridgehead atoms. The average Bonchev–Trinajstić information content (AvgIpc) is 2.38. The van der Waals surface area contributed by atoms with E-state index in [1.54, 1.807) is 0 Å². The van der Waals surface area contributed by atoms with E-state index < -0.39 is 0 Å². The molecule has 1 aliphatic carbocycles. The Morgan fingerprint density at radius 1 is 1.06 bits per heavy atom. The Morgan fingerprint density at radius 3 is 2.44 bits per heavy atom. The third-order valence-electron chi connectivity index (χ3n) is 4.19. The third-order valence-corrected chi connectivity index (χ3v) is 4.19. The minimum atomic E-state index is 0.917. The van der Waals surface area contributed by atoms with E-state index in [1.807, 2.05) is 0 Å². The average molecular weight is 216 g/mol. The molecule has 0 saturated heterocycles. The van der Waals surface area contributed by atoms with Crippen molar-refractivity contribution in [3.63, 3.8) is 0 Å². The van der Waals surface area contributed by atoms with Gasteiger partial charge in [-0.3, -0.25) is 0 Å². The predicted molar refractivity (Wildman–Crippen MR) is 70.5 cm³/mol. The van der Waals surface area contributed by atoms with E-state index in [0.29, 0.717) is 0 Å². The highest BCUT2D eigenvalue weighted by atomic mass is 14.2. The van der Waals surface area contributed by atoms with Gasteiger partial charge in [0.05, 0.1) is 0 Å². The fourth-order valence-corrected chi connectivity index (χ4v) is 2.98. The second-order valence-electron chi connectivity index (χ2n) is 5.40. The molecule has 0 N–H and O–H groups in total. The lowest BCUT2D eigenvalue weighted by atomic mass is 9.78. The Morgan fingerprint density at radius 2 is 1.75 bits per heavy atom. The lowest BCUT2D eigenvalue weighted by Crippen LogP contribution is -2.15. The molecule has 0 aromatic heterocycles. The Balaban J connectivity index is 1.76. The van der Waals surface area contributed by atoms with Crippen molar-refractivity contribution in [2.24, 2.45) is 11.8 Å².